The second-order valence-electron chi connectivity index (χ2n) is 10.1. The third kappa shape index (κ3) is 6.02. The molecule has 0 aliphatic rings. The summed E-state index contributed by atoms with van der Waals surface area (Å²) in [5.41, 5.74) is 6.55. The Labute approximate surface area is 240 Å². The molecule has 5 aromatic rings. The Bertz CT molecular complexity index is 1790. The minimum absolute atomic E-state index is 0.0146. The van der Waals surface area contributed by atoms with E-state index in [2.05, 4.69) is 48.0 Å². The first kappa shape index (κ1) is 28.1. The van der Waals surface area contributed by atoms with Crippen LogP contribution in [0.5, 0.6) is 5.75 Å². The maximum Gasteiger partial charge on any atom is 0.228 e. The van der Waals surface area contributed by atoms with Gasteiger partial charge in [0.05, 0.1) is 41.3 Å². The Morgan fingerprint density at radius 1 is 0.951 bits per heavy atom. The van der Waals surface area contributed by atoms with E-state index in [4.69, 9.17) is 9.72 Å². The lowest BCUT2D eigenvalue weighted by molar-refractivity contribution is -0.115. The topological polar surface area (TPSA) is 90.3 Å². The molecule has 1 aromatic heterocycles. The fourth-order valence-electron chi connectivity index (χ4n) is 4.86. The second-order valence-corrected chi connectivity index (χ2v) is 12.4. The summed E-state index contributed by atoms with van der Waals surface area (Å²) in [6.07, 6.45) is 0.139. The van der Waals surface area contributed by atoms with Crippen LogP contribution in [0.4, 0.5) is 5.69 Å². The van der Waals surface area contributed by atoms with Crippen molar-refractivity contribution >= 4 is 32.5 Å². The van der Waals surface area contributed by atoms with Crippen molar-refractivity contribution in [3.8, 4) is 17.1 Å². The molecule has 0 aliphatic carbocycles. The van der Waals surface area contributed by atoms with E-state index in [1.165, 1.54) is 11.1 Å². The van der Waals surface area contributed by atoms with E-state index in [-0.39, 0.29) is 29.0 Å². The fraction of sp³-hybridized carbons (Fsp3) is 0.212. The molecule has 5 rings (SSSR count). The maximum atomic E-state index is 12.7. The third-order valence-corrected chi connectivity index (χ3v) is 9.05. The summed E-state index contributed by atoms with van der Waals surface area (Å²) in [7, 11) is -1.61. The number of aromatic nitrogens is 2. The van der Waals surface area contributed by atoms with Gasteiger partial charge in [0.1, 0.15) is 11.6 Å². The molecule has 8 heteroatoms. The first-order chi connectivity index (χ1) is 19.7. The normalized spacial score (nSPS) is 12.3. The number of carbonyl (C=O) groups excluding carboxylic acids is 1. The first-order valence-electron chi connectivity index (χ1n) is 13.5. The predicted octanol–water partition coefficient (Wildman–Crippen LogP) is 6.60. The number of fused-ring (bicyclic) bond motifs is 1. The highest BCUT2D eigenvalue weighted by molar-refractivity contribution is 7.91. The number of nitrogens with one attached hydrogen (secondary N) is 1. The number of ether oxygens (including phenoxy) is 1. The molecule has 1 atom stereocenters. The van der Waals surface area contributed by atoms with Crippen LogP contribution >= 0.6 is 0 Å². The standard InChI is InChI=1S/C33H33N3O4S/c1-5-41(38,39)29-17-8-24(9-18-29)20-32(37)34-27-14-12-26(13-15-27)33-35-30-19-16-28(40-4)21-31(30)36(33)23(3)25-10-6-22(2)7-11-25/h6-19,21,23H,5,20H2,1-4H3,(H,34,37)/t23-/m1/s1. The lowest BCUT2D eigenvalue weighted by Crippen LogP contribution is -2.14. The lowest BCUT2D eigenvalue weighted by Gasteiger charge is -2.19. The van der Waals surface area contributed by atoms with E-state index in [0.29, 0.717) is 5.69 Å². The van der Waals surface area contributed by atoms with Crippen LogP contribution < -0.4 is 10.1 Å². The molecule has 41 heavy (non-hydrogen) atoms. The molecular formula is C33H33N3O4S. The van der Waals surface area contributed by atoms with Crippen LogP contribution in [-0.2, 0) is 21.1 Å². The summed E-state index contributed by atoms with van der Waals surface area (Å²) < 4.78 is 31.8. The number of hydrogen-bond donors (Lipinski definition) is 1. The van der Waals surface area contributed by atoms with Crippen LogP contribution in [0, 0.1) is 6.92 Å². The molecule has 0 aliphatic heterocycles. The van der Waals surface area contributed by atoms with Crippen molar-refractivity contribution in [2.45, 2.75) is 38.1 Å². The molecule has 1 heterocycles. The van der Waals surface area contributed by atoms with Crippen molar-refractivity contribution in [2.24, 2.45) is 0 Å². The summed E-state index contributed by atoms with van der Waals surface area (Å²) in [5.74, 6) is 1.44. The number of anilines is 1. The smallest absolute Gasteiger partial charge is 0.228 e. The van der Waals surface area contributed by atoms with Crippen LogP contribution in [0.2, 0.25) is 0 Å². The van der Waals surface area contributed by atoms with E-state index in [1.54, 1.807) is 38.3 Å². The van der Waals surface area contributed by atoms with Crippen molar-refractivity contribution in [3.63, 3.8) is 0 Å². The van der Waals surface area contributed by atoms with Crippen molar-refractivity contribution in [1.29, 1.82) is 0 Å². The quantitative estimate of drug-likeness (QED) is 0.217. The zero-order valence-corrected chi connectivity index (χ0v) is 24.4. The molecule has 0 fully saturated rings. The van der Waals surface area contributed by atoms with Gasteiger partial charge in [0, 0.05) is 17.3 Å². The number of aryl methyl sites for hydroxylation is 1. The number of imidazole rings is 1. The average Bonchev–Trinajstić information content (AvgIpc) is 3.36. The van der Waals surface area contributed by atoms with Crippen molar-refractivity contribution < 1.29 is 17.9 Å². The first-order valence-corrected chi connectivity index (χ1v) is 15.2. The van der Waals surface area contributed by atoms with Crippen molar-refractivity contribution in [1.82, 2.24) is 9.55 Å². The Morgan fingerprint density at radius 2 is 1.63 bits per heavy atom. The van der Waals surface area contributed by atoms with E-state index in [9.17, 15) is 13.2 Å². The average molecular weight is 568 g/mol. The van der Waals surface area contributed by atoms with Gasteiger partial charge in [0.25, 0.3) is 0 Å². The zero-order valence-electron chi connectivity index (χ0n) is 23.6. The number of methoxy groups -OCH3 is 1. The number of sulfone groups is 1. The molecule has 1 amide bonds. The Kier molecular flexibility index (Phi) is 7.94. The molecule has 0 saturated carbocycles. The predicted molar refractivity (Wildman–Crippen MR) is 163 cm³/mol. The summed E-state index contributed by atoms with van der Waals surface area (Å²) in [6, 6.07) is 28.5. The van der Waals surface area contributed by atoms with Crippen LogP contribution in [0.1, 0.15) is 36.6 Å². The summed E-state index contributed by atoms with van der Waals surface area (Å²) in [4.78, 5) is 18.0. The van der Waals surface area contributed by atoms with Gasteiger partial charge in [-0.05, 0) is 73.5 Å². The van der Waals surface area contributed by atoms with Gasteiger partial charge in [-0.1, -0.05) is 48.9 Å². The van der Waals surface area contributed by atoms with Gasteiger partial charge in [0.15, 0.2) is 9.84 Å². The monoisotopic (exact) mass is 567 g/mol. The minimum Gasteiger partial charge on any atom is -0.497 e. The summed E-state index contributed by atoms with van der Waals surface area (Å²) in [5, 5.41) is 2.93. The highest BCUT2D eigenvalue weighted by Gasteiger charge is 2.20. The number of rotatable bonds is 9. The van der Waals surface area contributed by atoms with Gasteiger partial charge in [-0.15, -0.1) is 0 Å². The van der Waals surface area contributed by atoms with Crippen molar-refractivity contribution in [3.05, 3.63) is 108 Å². The SMILES string of the molecule is CCS(=O)(=O)c1ccc(CC(=O)Nc2ccc(-c3nc4ccc(OC)cc4n3[C@H](C)c3ccc(C)cc3)cc2)cc1. The largest absolute Gasteiger partial charge is 0.497 e. The molecular weight excluding hydrogens is 534 g/mol. The highest BCUT2D eigenvalue weighted by Crippen LogP contribution is 2.34. The molecule has 0 unspecified atom stereocenters. The molecule has 210 valence electrons. The second kappa shape index (κ2) is 11.6. The lowest BCUT2D eigenvalue weighted by atomic mass is 10.1. The minimum atomic E-state index is -3.27. The zero-order chi connectivity index (χ0) is 29.1. The molecule has 4 aromatic carbocycles. The van der Waals surface area contributed by atoms with E-state index < -0.39 is 9.84 Å². The summed E-state index contributed by atoms with van der Waals surface area (Å²) >= 11 is 0. The number of benzene rings is 4. The van der Waals surface area contributed by atoms with Gasteiger partial charge < -0.3 is 14.6 Å². The number of carbonyl (C=O) groups is 1. The fourth-order valence-corrected chi connectivity index (χ4v) is 5.75. The van der Waals surface area contributed by atoms with Gasteiger partial charge in [-0.25, -0.2) is 13.4 Å². The number of amides is 1. The number of nitrogens with zero attached hydrogens (tertiary/aromatic N) is 2. The Hall–Kier alpha value is -4.43. The molecule has 0 spiro atoms. The van der Waals surface area contributed by atoms with Gasteiger partial charge >= 0.3 is 0 Å². The van der Waals surface area contributed by atoms with E-state index >= 15 is 0 Å². The van der Waals surface area contributed by atoms with Crippen LogP contribution in [0.3, 0.4) is 0 Å². The third-order valence-electron chi connectivity index (χ3n) is 7.30. The Morgan fingerprint density at radius 3 is 2.27 bits per heavy atom. The van der Waals surface area contributed by atoms with Crippen LogP contribution in [0.25, 0.3) is 22.4 Å². The van der Waals surface area contributed by atoms with Crippen LogP contribution in [0.15, 0.2) is 95.9 Å². The van der Waals surface area contributed by atoms with Gasteiger partial charge in [-0.2, -0.15) is 0 Å². The highest BCUT2D eigenvalue weighted by atomic mass is 32.2. The number of hydrogen-bond acceptors (Lipinski definition) is 5. The van der Waals surface area contributed by atoms with Crippen LogP contribution in [-0.4, -0.2) is 36.7 Å². The maximum absolute atomic E-state index is 12.7. The Balaban J connectivity index is 1.39. The molecule has 0 saturated heterocycles. The summed E-state index contributed by atoms with van der Waals surface area (Å²) in [6.45, 7) is 5.85. The van der Waals surface area contributed by atoms with Crippen molar-refractivity contribution in [2.75, 3.05) is 18.2 Å². The molecule has 0 bridgehead atoms. The van der Waals surface area contributed by atoms with Gasteiger partial charge in [0.2, 0.25) is 5.91 Å². The van der Waals surface area contributed by atoms with Gasteiger partial charge in [-0.3, -0.25) is 4.79 Å². The molecule has 0 radical (unpaired) electrons. The van der Waals surface area contributed by atoms with E-state index in [1.807, 2.05) is 42.5 Å². The molecule has 1 N–H and O–H groups in total. The molecule has 7 nitrogen and oxygen atoms in total. The van der Waals surface area contributed by atoms with E-state index in [0.717, 1.165) is 33.7 Å².